The molecule has 0 aromatic rings. The first-order chi connectivity index (χ1) is 15.8. The summed E-state index contributed by atoms with van der Waals surface area (Å²) in [5.41, 5.74) is 0.707. The minimum Gasteiger partial charge on any atom is -0.469 e. The van der Waals surface area contributed by atoms with E-state index in [1.54, 1.807) is 0 Å². The van der Waals surface area contributed by atoms with Crippen molar-refractivity contribution in [3.05, 3.63) is 0 Å². The molecule has 0 heterocycles. The lowest BCUT2D eigenvalue weighted by Crippen LogP contribution is -2.59. The van der Waals surface area contributed by atoms with Crippen molar-refractivity contribution in [1.29, 1.82) is 0 Å². The van der Waals surface area contributed by atoms with Gasteiger partial charge in [0.15, 0.2) is 0 Å². The Balaban J connectivity index is 1.57. The van der Waals surface area contributed by atoms with Crippen molar-refractivity contribution in [2.45, 2.75) is 97.2 Å². The standard InChI is InChI=1S/C28H48O5/c1-18(6-9-25(30)32-5)21-7-8-22-26-23(11-13-28(21,22)3)27(2)12-10-20(31-4)16-19(27)17-24(26)33-15-14-29/h18-24,26,29H,6-17H2,1-5H3/t18-,19?,20?,21?,22?,23?,24?,26?,27?,28?/m1/s1. The minimum atomic E-state index is -0.0827. The highest BCUT2D eigenvalue weighted by Crippen LogP contribution is 2.68. The van der Waals surface area contributed by atoms with Crippen LogP contribution in [0.3, 0.4) is 0 Å². The number of rotatable bonds is 8. The topological polar surface area (TPSA) is 65.0 Å². The van der Waals surface area contributed by atoms with E-state index in [0.717, 1.165) is 19.3 Å². The molecule has 0 aromatic carbocycles. The number of aliphatic hydroxyl groups is 1. The molecule has 0 aromatic heterocycles. The highest BCUT2D eigenvalue weighted by atomic mass is 16.5. The molecule has 0 saturated heterocycles. The van der Waals surface area contributed by atoms with Gasteiger partial charge in [-0.25, -0.2) is 0 Å². The van der Waals surface area contributed by atoms with Gasteiger partial charge in [0.1, 0.15) is 0 Å². The number of carbonyl (C=O) groups excluding carboxylic acids is 1. The Bertz CT molecular complexity index is 681. The van der Waals surface area contributed by atoms with Gasteiger partial charge in [0.2, 0.25) is 0 Å². The summed E-state index contributed by atoms with van der Waals surface area (Å²) in [6.07, 6.45) is 12.0. The number of hydrogen-bond acceptors (Lipinski definition) is 5. The Labute approximate surface area is 201 Å². The van der Waals surface area contributed by atoms with Crippen LogP contribution in [0.15, 0.2) is 0 Å². The van der Waals surface area contributed by atoms with Crippen molar-refractivity contribution in [2.75, 3.05) is 27.4 Å². The van der Waals surface area contributed by atoms with Gasteiger partial charge in [-0.2, -0.15) is 0 Å². The summed E-state index contributed by atoms with van der Waals surface area (Å²) in [4.78, 5) is 11.8. The molecule has 190 valence electrons. The Hall–Kier alpha value is -0.650. The Morgan fingerprint density at radius 1 is 1.03 bits per heavy atom. The van der Waals surface area contributed by atoms with Gasteiger partial charge in [0.25, 0.3) is 0 Å². The molecule has 4 rings (SSSR count). The molecular formula is C28H48O5. The van der Waals surface area contributed by atoms with E-state index in [2.05, 4.69) is 20.8 Å². The van der Waals surface area contributed by atoms with Gasteiger partial charge < -0.3 is 19.3 Å². The van der Waals surface area contributed by atoms with Crippen LogP contribution in [-0.2, 0) is 19.0 Å². The van der Waals surface area contributed by atoms with E-state index in [0.29, 0.717) is 65.5 Å². The lowest BCUT2D eigenvalue weighted by molar-refractivity contribution is -0.191. The molecule has 4 fully saturated rings. The first-order valence-electron chi connectivity index (χ1n) is 13.6. The van der Waals surface area contributed by atoms with Crippen LogP contribution in [0.5, 0.6) is 0 Å². The number of ether oxygens (including phenoxy) is 3. The molecule has 33 heavy (non-hydrogen) atoms. The molecule has 1 N–H and O–H groups in total. The van der Waals surface area contributed by atoms with E-state index in [-0.39, 0.29) is 18.7 Å². The van der Waals surface area contributed by atoms with E-state index in [1.807, 2.05) is 7.11 Å². The van der Waals surface area contributed by atoms with E-state index in [9.17, 15) is 9.90 Å². The number of hydrogen-bond donors (Lipinski definition) is 1. The van der Waals surface area contributed by atoms with Crippen LogP contribution in [0.25, 0.3) is 0 Å². The van der Waals surface area contributed by atoms with Crippen LogP contribution >= 0.6 is 0 Å². The van der Waals surface area contributed by atoms with Gasteiger partial charge in [0.05, 0.1) is 32.5 Å². The largest absolute Gasteiger partial charge is 0.469 e. The van der Waals surface area contributed by atoms with E-state index in [1.165, 1.54) is 45.6 Å². The molecule has 4 aliphatic carbocycles. The number of esters is 1. The number of aliphatic hydroxyl groups excluding tert-OH is 1. The Morgan fingerprint density at radius 2 is 1.76 bits per heavy atom. The van der Waals surface area contributed by atoms with Crippen molar-refractivity contribution in [1.82, 2.24) is 0 Å². The van der Waals surface area contributed by atoms with Crippen molar-refractivity contribution in [3.63, 3.8) is 0 Å². The zero-order valence-electron chi connectivity index (χ0n) is 21.7. The zero-order chi connectivity index (χ0) is 23.8. The molecule has 10 atom stereocenters. The lowest BCUT2D eigenvalue weighted by atomic mass is 9.43. The molecule has 5 heteroatoms. The highest BCUT2D eigenvalue weighted by Gasteiger charge is 2.63. The summed E-state index contributed by atoms with van der Waals surface area (Å²) >= 11 is 0. The molecule has 0 amide bonds. The second-order valence-electron chi connectivity index (χ2n) is 12.3. The number of methoxy groups -OCH3 is 2. The predicted octanol–water partition coefficient (Wildman–Crippen LogP) is 5.24. The van der Waals surface area contributed by atoms with Crippen LogP contribution in [0, 0.1) is 46.3 Å². The summed E-state index contributed by atoms with van der Waals surface area (Å²) < 4.78 is 17.2. The Kier molecular flexibility index (Phi) is 7.82. The van der Waals surface area contributed by atoms with Gasteiger partial charge in [-0.15, -0.1) is 0 Å². The van der Waals surface area contributed by atoms with Gasteiger partial charge in [0, 0.05) is 13.5 Å². The maximum Gasteiger partial charge on any atom is 0.305 e. The second-order valence-corrected chi connectivity index (χ2v) is 12.3. The van der Waals surface area contributed by atoms with Crippen LogP contribution < -0.4 is 0 Å². The van der Waals surface area contributed by atoms with E-state index in [4.69, 9.17) is 14.2 Å². The molecule has 0 bridgehead atoms. The third kappa shape index (κ3) is 4.51. The molecular weight excluding hydrogens is 416 g/mol. The fourth-order valence-electron chi connectivity index (χ4n) is 9.38. The smallest absolute Gasteiger partial charge is 0.305 e. The quantitative estimate of drug-likeness (QED) is 0.498. The van der Waals surface area contributed by atoms with Gasteiger partial charge in [-0.05, 0) is 104 Å². The average Bonchev–Trinajstić information content (AvgIpc) is 3.17. The van der Waals surface area contributed by atoms with Crippen molar-refractivity contribution < 1.29 is 24.1 Å². The predicted molar refractivity (Wildman–Crippen MR) is 129 cm³/mol. The second kappa shape index (κ2) is 10.1. The summed E-state index contributed by atoms with van der Waals surface area (Å²) in [7, 11) is 3.36. The SMILES string of the molecule is COC(=O)CC[C@@H](C)C1CCC2C3C(OCCO)CC4CC(OC)CCC4(C)C3CCC21C. The van der Waals surface area contributed by atoms with Crippen LogP contribution in [0.1, 0.15) is 85.0 Å². The number of carbonyl (C=O) groups is 1. The van der Waals surface area contributed by atoms with Gasteiger partial charge in [-0.1, -0.05) is 20.8 Å². The average molecular weight is 465 g/mol. The van der Waals surface area contributed by atoms with Crippen LogP contribution in [0.4, 0.5) is 0 Å². The fourth-order valence-corrected chi connectivity index (χ4v) is 9.38. The van der Waals surface area contributed by atoms with Crippen LogP contribution in [0.2, 0.25) is 0 Å². The molecule has 5 nitrogen and oxygen atoms in total. The third-order valence-corrected chi connectivity index (χ3v) is 11.2. The van der Waals surface area contributed by atoms with E-state index >= 15 is 0 Å². The monoisotopic (exact) mass is 464 g/mol. The summed E-state index contributed by atoms with van der Waals surface area (Å²) in [5.74, 6) is 3.76. The first kappa shape index (κ1) is 25.4. The van der Waals surface area contributed by atoms with Crippen molar-refractivity contribution in [3.8, 4) is 0 Å². The third-order valence-electron chi connectivity index (χ3n) is 11.2. The maximum absolute atomic E-state index is 11.8. The normalized spacial score (nSPS) is 45.6. The van der Waals surface area contributed by atoms with Crippen LogP contribution in [-0.4, -0.2) is 50.7 Å². The Morgan fingerprint density at radius 3 is 2.45 bits per heavy atom. The highest BCUT2D eigenvalue weighted by molar-refractivity contribution is 5.69. The zero-order valence-corrected chi connectivity index (χ0v) is 21.7. The van der Waals surface area contributed by atoms with Gasteiger partial charge in [-0.3, -0.25) is 4.79 Å². The minimum absolute atomic E-state index is 0.0827. The lowest BCUT2D eigenvalue weighted by Gasteiger charge is -2.63. The first-order valence-corrected chi connectivity index (χ1v) is 13.6. The summed E-state index contributed by atoms with van der Waals surface area (Å²) in [5, 5.41) is 9.55. The number of fused-ring (bicyclic) bond motifs is 5. The van der Waals surface area contributed by atoms with Crippen molar-refractivity contribution >= 4 is 5.97 Å². The molecule has 0 aliphatic heterocycles. The fraction of sp³-hybridized carbons (Fsp3) is 0.964. The molecule has 9 unspecified atom stereocenters. The molecule has 4 aliphatic rings. The van der Waals surface area contributed by atoms with Gasteiger partial charge >= 0.3 is 5.97 Å². The molecule has 0 radical (unpaired) electrons. The summed E-state index contributed by atoms with van der Waals surface area (Å²) in [6, 6.07) is 0. The molecule has 0 spiro atoms. The maximum atomic E-state index is 11.8. The van der Waals surface area contributed by atoms with E-state index < -0.39 is 0 Å². The van der Waals surface area contributed by atoms with Crippen molar-refractivity contribution in [2.24, 2.45) is 46.3 Å². The summed E-state index contributed by atoms with van der Waals surface area (Å²) in [6.45, 7) is 8.05. The molecule has 4 saturated carbocycles.